The van der Waals surface area contributed by atoms with Crippen LogP contribution in [0.4, 0.5) is 0 Å². The van der Waals surface area contributed by atoms with Crippen molar-refractivity contribution in [2.45, 2.75) is 39.3 Å². The Hall–Kier alpha value is -3.32. The minimum Gasteiger partial charge on any atom is -0.507 e. The van der Waals surface area contributed by atoms with E-state index in [1.165, 1.54) is 0 Å². The molecule has 1 N–H and O–H groups in total. The van der Waals surface area contributed by atoms with E-state index in [1.807, 2.05) is 64.0 Å². The fourth-order valence-electron chi connectivity index (χ4n) is 4.05. The van der Waals surface area contributed by atoms with Gasteiger partial charge in [-0.15, -0.1) is 0 Å². The van der Waals surface area contributed by atoms with Crippen LogP contribution >= 0.6 is 0 Å². The molecule has 1 aliphatic rings. The van der Waals surface area contributed by atoms with Crippen LogP contribution < -0.4 is 9.47 Å². The van der Waals surface area contributed by atoms with Gasteiger partial charge in [0, 0.05) is 12.1 Å². The second-order valence-electron chi connectivity index (χ2n) is 8.84. The van der Waals surface area contributed by atoms with Crippen LogP contribution in [0.1, 0.15) is 44.4 Å². The van der Waals surface area contributed by atoms with Crippen molar-refractivity contribution in [3.8, 4) is 11.5 Å². The number of nitrogens with zero attached hydrogens (tertiary/aromatic N) is 2. The molecule has 1 fully saturated rings. The number of carbonyl (C=O) groups excluding carboxylic acids is 2. The zero-order chi connectivity index (χ0) is 24.8. The van der Waals surface area contributed by atoms with Crippen LogP contribution in [0.5, 0.6) is 11.5 Å². The molecule has 0 radical (unpaired) electrons. The van der Waals surface area contributed by atoms with Crippen LogP contribution in [0.15, 0.2) is 54.1 Å². The molecule has 1 saturated heterocycles. The molecule has 0 aliphatic carbocycles. The molecule has 1 amide bonds. The van der Waals surface area contributed by atoms with Gasteiger partial charge in [-0.25, -0.2) is 0 Å². The molecule has 34 heavy (non-hydrogen) atoms. The third-order valence-corrected chi connectivity index (χ3v) is 5.55. The van der Waals surface area contributed by atoms with Crippen molar-refractivity contribution in [2.24, 2.45) is 0 Å². The Kier molecular flexibility index (Phi) is 8.34. The lowest BCUT2D eigenvalue weighted by atomic mass is 9.95. The van der Waals surface area contributed by atoms with Gasteiger partial charge >= 0.3 is 0 Å². The van der Waals surface area contributed by atoms with Crippen LogP contribution in [0, 0.1) is 0 Å². The van der Waals surface area contributed by atoms with Gasteiger partial charge in [-0.3, -0.25) is 9.59 Å². The van der Waals surface area contributed by atoms with E-state index in [0.717, 1.165) is 12.1 Å². The number of aliphatic hydroxyl groups excluding tert-OH is 1. The molecule has 1 heterocycles. The Morgan fingerprint density at radius 3 is 2.21 bits per heavy atom. The number of amides is 1. The summed E-state index contributed by atoms with van der Waals surface area (Å²) in [6.45, 7) is 7.49. The molecule has 7 nitrogen and oxygen atoms in total. The second-order valence-corrected chi connectivity index (χ2v) is 8.84. The van der Waals surface area contributed by atoms with E-state index in [9.17, 15) is 14.7 Å². The molecular formula is C27H34N2O5. The van der Waals surface area contributed by atoms with E-state index in [2.05, 4.69) is 0 Å². The minimum atomic E-state index is -0.679. The molecule has 7 heteroatoms. The van der Waals surface area contributed by atoms with Gasteiger partial charge in [0.25, 0.3) is 11.7 Å². The number of benzene rings is 2. The first-order chi connectivity index (χ1) is 16.2. The SMILES string of the molecule is CCOc1ccc(/C(O)=C2\C(=O)C(=O)N(CCCN(C)C)[C@@H]2c2ccc(OC(C)C)cc2)cc1. The molecule has 0 aromatic heterocycles. The Bertz CT molecular complexity index is 1030. The Balaban J connectivity index is 2.03. The highest BCUT2D eigenvalue weighted by atomic mass is 16.5. The monoisotopic (exact) mass is 466 g/mol. The van der Waals surface area contributed by atoms with E-state index < -0.39 is 17.7 Å². The molecule has 0 spiro atoms. The van der Waals surface area contributed by atoms with Gasteiger partial charge in [0.2, 0.25) is 0 Å². The highest BCUT2D eigenvalue weighted by molar-refractivity contribution is 6.46. The largest absolute Gasteiger partial charge is 0.507 e. The molecular weight excluding hydrogens is 432 g/mol. The average molecular weight is 467 g/mol. The normalized spacial score (nSPS) is 17.6. The van der Waals surface area contributed by atoms with Crippen molar-refractivity contribution >= 4 is 17.4 Å². The highest BCUT2D eigenvalue weighted by Crippen LogP contribution is 2.40. The van der Waals surface area contributed by atoms with E-state index in [1.54, 1.807) is 29.2 Å². The number of carbonyl (C=O) groups is 2. The maximum Gasteiger partial charge on any atom is 0.295 e. The van der Waals surface area contributed by atoms with Crippen molar-refractivity contribution in [3.05, 3.63) is 65.2 Å². The molecule has 1 atom stereocenters. The molecule has 1 aliphatic heterocycles. The standard InChI is InChI=1S/C27H34N2O5/c1-6-33-21-12-10-20(11-13-21)25(30)23-24(19-8-14-22(15-9-19)34-18(2)3)29(27(32)26(23)31)17-7-16-28(4)5/h8-15,18,24,30H,6-7,16-17H2,1-5H3/b25-23+/t24-/m1/s1. The van der Waals surface area contributed by atoms with Gasteiger partial charge in [0.05, 0.1) is 24.3 Å². The van der Waals surface area contributed by atoms with E-state index in [0.29, 0.717) is 36.6 Å². The number of aliphatic hydroxyl groups is 1. The fraction of sp³-hybridized carbons (Fsp3) is 0.407. The van der Waals surface area contributed by atoms with Crippen LogP contribution in [0.2, 0.25) is 0 Å². The molecule has 0 bridgehead atoms. The summed E-state index contributed by atoms with van der Waals surface area (Å²) in [5.74, 6) is -0.0955. The van der Waals surface area contributed by atoms with Crippen LogP contribution in [0.25, 0.3) is 5.76 Å². The summed E-state index contributed by atoms with van der Waals surface area (Å²) >= 11 is 0. The number of ketones is 1. The third kappa shape index (κ3) is 5.78. The predicted octanol–water partition coefficient (Wildman–Crippen LogP) is 4.25. The van der Waals surface area contributed by atoms with Gasteiger partial charge in [0.15, 0.2) is 0 Å². The number of Topliss-reactive ketones (excluding diaryl/α,β-unsaturated/α-hetero) is 1. The summed E-state index contributed by atoms with van der Waals surface area (Å²) in [5.41, 5.74) is 1.30. The molecule has 2 aromatic carbocycles. The quantitative estimate of drug-likeness (QED) is 0.320. The van der Waals surface area contributed by atoms with Crippen LogP contribution in [0.3, 0.4) is 0 Å². The molecule has 2 aromatic rings. The van der Waals surface area contributed by atoms with Crippen molar-refractivity contribution in [2.75, 3.05) is 33.8 Å². The number of hydrogen-bond acceptors (Lipinski definition) is 6. The molecule has 182 valence electrons. The molecule has 0 unspecified atom stereocenters. The van der Waals surface area contributed by atoms with Crippen molar-refractivity contribution in [1.29, 1.82) is 0 Å². The summed E-state index contributed by atoms with van der Waals surface area (Å²) in [5, 5.41) is 11.2. The number of likely N-dealkylation sites (tertiary alicyclic amines) is 1. The van der Waals surface area contributed by atoms with Gasteiger partial charge in [0.1, 0.15) is 17.3 Å². The zero-order valence-corrected chi connectivity index (χ0v) is 20.6. The summed E-state index contributed by atoms with van der Waals surface area (Å²) < 4.78 is 11.2. The molecule has 3 rings (SSSR count). The Morgan fingerprint density at radius 1 is 1.03 bits per heavy atom. The first-order valence-corrected chi connectivity index (χ1v) is 11.7. The summed E-state index contributed by atoms with van der Waals surface area (Å²) in [7, 11) is 3.93. The first-order valence-electron chi connectivity index (χ1n) is 11.7. The van der Waals surface area contributed by atoms with Gasteiger partial charge in [-0.1, -0.05) is 12.1 Å². The number of ether oxygens (including phenoxy) is 2. The number of hydrogen-bond donors (Lipinski definition) is 1. The lowest BCUT2D eigenvalue weighted by Gasteiger charge is -2.26. The molecule has 0 saturated carbocycles. The Morgan fingerprint density at radius 2 is 1.65 bits per heavy atom. The van der Waals surface area contributed by atoms with Gasteiger partial charge in [-0.05, 0) is 89.8 Å². The second kappa shape index (κ2) is 11.2. The summed E-state index contributed by atoms with van der Waals surface area (Å²) in [6.07, 6.45) is 0.732. The zero-order valence-electron chi connectivity index (χ0n) is 20.6. The van der Waals surface area contributed by atoms with Crippen LogP contribution in [-0.4, -0.2) is 66.5 Å². The van der Waals surface area contributed by atoms with Crippen molar-refractivity contribution < 1.29 is 24.2 Å². The maximum absolute atomic E-state index is 13.1. The van der Waals surface area contributed by atoms with E-state index >= 15 is 0 Å². The third-order valence-electron chi connectivity index (χ3n) is 5.55. The summed E-state index contributed by atoms with van der Waals surface area (Å²) in [4.78, 5) is 29.8. The van der Waals surface area contributed by atoms with Crippen LogP contribution in [-0.2, 0) is 9.59 Å². The lowest BCUT2D eigenvalue weighted by molar-refractivity contribution is -0.139. The Labute approximate surface area is 201 Å². The van der Waals surface area contributed by atoms with Gasteiger partial charge in [-0.2, -0.15) is 0 Å². The van der Waals surface area contributed by atoms with Crippen molar-refractivity contribution in [1.82, 2.24) is 9.80 Å². The maximum atomic E-state index is 13.1. The van der Waals surface area contributed by atoms with E-state index in [4.69, 9.17) is 9.47 Å². The smallest absolute Gasteiger partial charge is 0.295 e. The summed E-state index contributed by atoms with van der Waals surface area (Å²) in [6, 6.07) is 13.5. The minimum absolute atomic E-state index is 0.0298. The number of rotatable bonds is 10. The topological polar surface area (TPSA) is 79.3 Å². The van der Waals surface area contributed by atoms with Crippen molar-refractivity contribution in [3.63, 3.8) is 0 Å². The van der Waals surface area contributed by atoms with E-state index in [-0.39, 0.29) is 17.4 Å². The lowest BCUT2D eigenvalue weighted by Crippen LogP contribution is -2.32. The predicted molar refractivity (Wildman–Crippen MR) is 132 cm³/mol. The fourth-order valence-corrected chi connectivity index (χ4v) is 4.05. The van der Waals surface area contributed by atoms with Gasteiger partial charge < -0.3 is 24.4 Å². The first kappa shape index (κ1) is 25.3. The average Bonchev–Trinajstić information content (AvgIpc) is 3.04. The highest BCUT2D eigenvalue weighted by Gasteiger charge is 2.45.